The largest absolute Gasteiger partial charge is 0.354 e. The molecule has 1 unspecified atom stereocenters. The fraction of sp³-hybridized carbons (Fsp3) is 0.364. The van der Waals surface area contributed by atoms with Crippen molar-refractivity contribution >= 4 is 33.4 Å². The maximum absolute atomic E-state index is 13.2. The summed E-state index contributed by atoms with van der Waals surface area (Å²) in [7, 11) is 0. The van der Waals surface area contributed by atoms with Crippen LogP contribution in [0.25, 0.3) is 0 Å². The molecule has 0 radical (unpaired) electrons. The quantitative estimate of drug-likeness (QED) is 0.436. The van der Waals surface area contributed by atoms with E-state index in [0.29, 0.717) is 12.1 Å². The number of nitro groups is 1. The van der Waals surface area contributed by atoms with Crippen molar-refractivity contribution in [1.82, 2.24) is 10.2 Å². The predicted molar refractivity (Wildman–Crippen MR) is 119 cm³/mol. The molecule has 8 heteroatoms. The monoisotopic (exact) mass is 475 g/mol. The van der Waals surface area contributed by atoms with E-state index >= 15 is 0 Å². The average molecular weight is 476 g/mol. The van der Waals surface area contributed by atoms with Crippen LogP contribution < -0.4 is 5.32 Å². The lowest BCUT2D eigenvalue weighted by molar-refractivity contribution is -0.385. The molecule has 0 bridgehead atoms. The van der Waals surface area contributed by atoms with E-state index in [0.717, 1.165) is 10.0 Å². The Bertz CT molecular complexity index is 917. The van der Waals surface area contributed by atoms with Crippen molar-refractivity contribution in [1.29, 1.82) is 0 Å². The minimum absolute atomic E-state index is 0.106. The van der Waals surface area contributed by atoms with Crippen molar-refractivity contribution in [3.05, 3.63) is 74.2 Å². The van der Waals surface area contributed by atoms with Gasteiger partial charge in [0.1, 0.15) is 6.04 Å². The molecular weight excluding hydrogens is 450 g/mol. The molecule has 0 fully saturated rings. The molecule has 0 saturated heterocycles. The first-order valence-corrected chi connectivity index (χ1v) is 10.5. The van der Waals surface area contributed by atoms with Crippen LogP contribution in [-0.2, 0) is 22.6 Å². The molecule has 2 aromatic rings. The van der Waals surface area contributed by atoms with E-state index in [-0.39, 0.29) is 36.4 Å². The SMILES string of the molecule is CC(C)CNC(=O)C(C)N(Cc1cccc(Br)c1)C(=O)Cc1ccccc1[N+](=O)[O-]. The van der Waals surface area contributed by atoms with Crippen LogP contribution in [0.4, 0.5) is 5.69 Å². The fourth-order valence-corrected chi connectivity index (χ4v) is 3.42. The number of carbonyl (C=O) groups is 2. The minimum Gasteiger partial charge on any atom is -0.354 e. The Balaban J connectivity index is 2.28. The molecule has 0 spiro atoms. The summed E-state index contributed by atoms with van der Waals surface area (Å²) in [5, 5.41) is 14.2. The van der Waals surface area contributed by atoms with E-state index in [4.69, 9.17) is 0 Å². The van der Waals surface area contributed by atoms with Crippen molar-refractivity contribution in [2.24, 2.45) is 5.92 Å². The van der Waals surface area contributed by atoms with Gasteiger partial charge in [0.05, 0.1) is 11.3 Å². The lowest BCUT2D eigenvalue weighted by Gasteiger charge is -2.29. The Kier molecular flexibility index (Phi) is 8.53. The van der Waals surface area contributed by atoms with Gasteiger partial charge < -0.3 is 10.2 Å². The first-order chi connectivity index (χ1) is 14.2. The van der Waals surface area contributed by atoms with Crippen molar-refractivity contribution in [2.45, 2.75) is 39.8 Å². The average Bonchev–Trinajstić information content (AvgIpc) is 2.69. The second kappa shape index (κ2) is 10.9. The summed E-state index contributed by atoms with van der Waals surface area (Å²) in [4.78, 5) is 38.1. The number of nitrogens with zero attached hydrogens (tertiary/aromatic N) is 2. The summed E-state index contributed by atoms with van der Waals surface area (Å²) in [6.07, 6.45) is -0.160. The van der Waals surface area contributed by atoms with Crippen molar-refractivity contribution in [3.63, 3.8) is 0 Å². The number of carbonyl (C=O) groups excluding carboxylic acids is 2. The third-order valence-electron chi connectivity index (χ3n) is 4.62. The Morgan fingerprint density at radius 3 is 2.47 bits per heavy atom. The second-order valence-corrected chi connectivity index (χ2v) is 8.44. The van der Waals surface area contributed by atoms with Crippen LogP contribution in [0, 0.1) is 16.0 Å². The molecule has 1 atom stereocenters. The zero-order chi connectivity index (χ0) is 22.3. The molecule has 2 aromatic carbocycles. The first-order valence-electron chi connectivity index (χ1n) is 9.73. The molecule has 0 aliphatic carbocycles. The van der Waals surface area contributed by atoms with Crippen LogP contribution in [0.1, 0.15) is 31.9 Å². The zero-order valence-corrected chi connectivity index (χ0v) is 18.9. The molecule has 160 valence electrons. The van der Waals surface area contributed by atoms with Gasteiger partial charge in [0.2, 0.25) is 11.8 Å². The smallest absolute Gasteiger partial charge is 0.273 e. The first kappa shape index (κ1) is 23.5. The van der Waals surface area contributed by atoms with Gasteiger partial charge in [-0.15, -0.1) is 0 Å². The lowest BCUT2D eigenvalue weighted by Crippen LogP contribution is -2.48. The number of halogens is 1. The number of rotatable bonds is 9. The van der Waals surface area contributed by atoms with Gasteiger partial charge in [-0.2, -0.15) is 0 Å². The van der Waals surface area contributed by atoms with Gasteiger partial charge in [0.15, 0.2) is 0 Å². The Hall–Kier alpha value is -2.74. The van der Waals surface area contributed by atoms with Gasteiger partial charge in [-0.3, -0.25) is 19.7 Å². The fourth-order valence-electron chi connectivity index (χ4n) is 2.97. The van der Waals surface area contributed by atoms with Crippen LogP contribution in [-0.4, -0.2) is 34.2 Å². The van der Waals surface area contributed by atoms with Crippen LogP contribution in [0.5, 0.6) is 0 Å². The Labute approximate surface area is 184 Å². The molecule has 0 aliphatic heterocycles. The van der Waals surface area contributed by atoms with E-state index in [9.17, 15) is 19.7 Å². The molecule has 0 heterocycles. The summed E-state index contributed by atoms with van der Waals surface area (Å²) < 4.78 is 0.864. The van der Waals surface area contributed by atoms with Gasteiger partial charge in [0, 0.05) is 29.2 Å². The molecule has 2 rings (SSSR count). The molecule has 1 N–H and O–H groups in total. The maximum atomic E-state index is 13.2. The molecule has 7 nitrogen and oxygen atoms in total. The van der Waals surface area contributed by atoms with Gasteiger partial charge in [-0.05, 0) is 30.5 Å². The number of amides is 2. The number of benzene rings is 2. The number of nitrogens with one attached hydrogen (secondary N) is 1. The summed E-state index contributed by atoms with van der Waals surface area (Å²) >= 11 is 3.42. The molecule has 0 saturated carbocycles. The molecule has 0 aromatic heterocycles. The van der Waals surface area contributed by atoms with E-state index in [1.54, 1.807) is 25.1 Å². The van der Waals surface area contributed by atoms with Crippen LogP contribution in [0.2, 0.25) is 0 Å². The number of hydrogen-bond donors (Lipinski definition) is 1. The highest BCUT2D eigenvalue weighted by Crippen LogP contribution is 2.21. The highest BCUT2D eigenvalue weighted by Gasteiger charge is 2.28. The second-order valence-electron chi connectivity index (χ2n) is 7.53. The Morgan fingerprint density at radius 1 is 1.13 bits per heavy atom. The van der Waals surface area contributed by atoms with Gasteiger partial charge in [-0.25, -0.2) is 0 Å². The maximum Gasteiger partial charge on any atom is 0.273 e. The normalized spacial score (nSPS) is 11.8. The van der Waals surface area contributed by atoms with E-state index in [1.165, 1.54) is 11.0 Å². The third-order valence-corrected chi connectivity index (χ3v) is 5.12. The molecule has 2 amide bonds. The van der Waals surface area contributed by atoms with E-state index in [1.807, 2.05) is 38.1 Å². The molecular formula is C22H26BrN3O4. The molecule has 30 heavy (non-hydrogen) atoms. The number of hydrogen-bond acceptors (Lipinski definition) is 4. The molecule has 0 aliphatic rings. The summed E-state index contributed by atoms with van der Waals surface area (Å²) in [6, 6.07) is 12.9. The van der Waals surface area contributed by atoms with Crippen molar-refractivity contribution < 1.29 is 14.5 Å². The number of para-hydroxylation sites is 1. The highest BCUT2D eigenvalue weighted by molar-refractivity contribution is 9.10. The number of nitro benzene ring substituents is 1. The lowest BCUT2D eigenvalue weighted by atomic mass is 10.1. The topological polar surface area (TPSA) is 92.6 Å². The Morgan fingerprint density at radius 2 is 1.83 bits per heavy atom. The van der Waals surface area contributed by atoms with E-state index < -0.39 is 11.0 Å². The standard InChI is InChI=1S/C22H26BrN3O4/c1-15(2)13-24-22(28)16(3)25(14-17-7-6-9-19(23)11-17)21(27)12-18-8-4-5-10-20(18)26(29)30/h4-11,15-16H,12-14H2,1-3H3,(H,24,28). The van der Waals surface area contributed by atoms with Gasteiger partial charge in [0.25, 0.3) is 5.69 Å². The third kappa shape index (κ3) is 6.66. The van der Waals surface area contributed by atoms with E-state index in [2.05, 4.69) is 21.2 Å². The predicted octanol–water partition coefficient (Wildman–Crippen LogP) is 4.09. The highest BCUT2D eigenvalue weighted by atomic mass is 79.9. The van der Waals surface area contributed by atoms with Crippen molar-refractivity contribution in [2.75, 3.05) is 6.54 Å². The van der Waals surface area contributed by atoms with Crippen LogP contribution in [0.15, 0.2) is 53.0 Å². The van der Waals surface area contributed by atoms with Crippen molar-refractivity contribution in [3.8, 4) is 0 Å². The summed E-state index contributed by atoms with van der Waals surface area (Å²) in [6.45, 7) is 6.38. The van der Waals surface area contributed by atoms with Gasteiger partial charge >= 0.3 is 0 Å². The summed E-state index contributed by atoms with van der Waals surface area (Å²) in [5.41, 5.74) is 1.07. The van der Waals surface area contributed by atoms with Gasteiger partial charge in [-0.1, -0.05) is 60.1 Å². The minimum atomic E-state index is -0.724. The van der Waals surface area contributed by atoms with Crippen LogP contribution in [0.3, 0.4) is 0 Å². The summed E-state index contributed by atoms with van der Waals surface area (Å²) in [5.74, 6) is -0.326. The van der Waals surface area contributed by atoms with Crippen LogP contribution >= 0.6 is 15.9 Å². The zero-order valence-electron chi connectivity index (χ0n) is 17.3.